The standard InChI is InChI=1S/C10H19N3O3/c1-7(10(11)13-15)12-9(14)5-4-8-3-2-6-16-8/h7-8,15H,2-6H2,1H3,(H2,11,13)(H,12,14). The number of nitrogens with one attached hydrogen (secondary N) is 1. The smallest absolute Gasteiger partial charge is 0.220 e. The fourth-order valence-corrected chi connectivity index (χ4v) is 1.64. The first-order chi connectivity index (χ1) is 7.63. The second kappa shape index (κ2) is 6.32. The van der Waals surface area contributed by atoms with Crippen LogP contribution in [0.15, 0.2) is 5.16 Å². The van der Waals surface area contributed by atoms with Crippen molar-refractivity contribution in [3.05, 3.63) is 0 Å². The molecule has 6 heteroatoms. The van der Waals surface area contributed by atoms with E-state index in [1.807, 2.05) is 0 Å². The van der Waals surface area contributed by atoms with E-state index in [0.717, 1.165) is 25.9 Å². The monoisotopic (exact) mass is 229 g/mol. The van der Waals surface area contributed by atoms with Gasteiger partial charge in [-0.1, -0.05) is 5.16 Å². The predicted octanol–water partition coefficient (Wildman–Crippen LogP) is 0.197. The van der Waals surface area contributed by atoms with Crippen molar-refractivity contribution >= 4 is 11.7 Å². The molecule has 0 aromatic carbocycles. The second-order valence-corrected chi connectivity index (χ2v) is 3.99. The van der Waals surface area contributed by atoms with Crippen LogP contribution in [0.4, 0.5) is 0 Å². The Kier molecular flexibility index (Phi) is 5.04. The molecule has 1 fully saturated rings. The molecular formula is C10H19N3O3. The molecule has 1 aliphatic heterocycles. The molecule has 0 radical (unpaired) electrons. The normalized spacial score (nSPS) is 23.1. The van der Waals surface area contributed by atoms with Crippen LogP contribution in [0.1, 0.15) is 32.6 Å². The Morgan fingerprint density at radius 1 is 1.75 bits per heavy atom. The number of carbonyl (C=O) groups excluding carboxylic acids is 1. The maximum Gasteiger partial charge on any atom is 0.220 e. The van der Waals surface area contributed by atoms with Gasteiger partial charge in [0, 0.05) is 13.0 Å². The molecule has 0 aliphatic carbocycles. The van der Waals surface area contributed by atoms with Crippen molar-refractivity contribution in [3.8, 4) is 0 Å². The van der Waals surface area contributed by atoms with E-state index in [1.165, 1.54) is 0 Å². The lowest BCUT2D eigenvalue weighted by Gasteiger charge is -2.13. The summed E-state index contributed by atoms with van der Waals surface area (Å²) in [5, 5.41) is 13.9. The molecule has 1 heterocycles. The van der Waals surface area contributed by atoms with E-state index >= 15 is 0 Å². The summed E-state index contributed by atoms with van der Waals surface area (Å²) in [6.07, 6.45) is 3.46. The van der Waals surface area contributed by atoms with Crippen LogP contribution >= 0.6 is 0 Å². The van der Waals surface area contributed by atoms with E-state index in [9.17, 15) is 4.79 Å². The molecule has 16 heavy (non-hydrogen) atoms. The first-order valence-electron chi connectivity index (χ1n) is 5.52. The lowest BCUT2D eigenvalue weighted by Crippen LogP contribution is -2.42. The quantitative estimate of drug-likeness (QED) is 0.271. The van der Waals surface area contributed by atoms with Gasteiger partial charge in [-0.15, -0.1) is 0 Å². The molecule has 0 aromatic heterocycles. The molecule has 1 amide bonds. The topological polar surface area (TPSA) is 96.9 Å². The average molecular weight is 229 g/mol. The lowest BCUT2D eigenvalue weighted by molar-refractivity contribution is -0.121. The molecule has 2 atom stereocenters. The summed E-state index contributed by atoms with van der Waals surface area (Å²) < 4.78 is 5.41. The van der Waals surface area contributed by atoms with Gasteiger partial charge in [0.15, 0.2) is 5.84 Å². The van der Waals surface area contributed by atoms with Crippen molar-refractivity contribution < 1.29 is 14.7 Å². The van der Waals surface area contributed by atoms with Crippen molar-refractivity contribution in [2.45, 2.75) is 44.8 Å². The molecule has 92 valence electrons. The zero-order valence-electron chi connectivity index (χ0n) is 9.48. The minimum atomic E-state index is -0.443. The first kappa shape index (κ1) is 12.8. The number of ether oxygens (including phenoxy) is 1. The van der Waals surface area contributed by atoms with Crippen LogP contribution in [0.5, 0.6) is 0 Å². The van der Waals surface area contributed by atoms with Gasteiger partial charge in [-0.2, -0.15) is 0 Å². The third-order valence-corrected chi connectivity index (χ3v) is 2.65. The summed E-state index contributed by atoms with van der Waals surface area (Å²) in [6, 6.07) is -0.443. The molecule has 0 saturated carbocycles. The molecule has 0 bridgehead atoms. The Bertz CT molecular complexity index is 262. The highest BCUT2D eigenvalue weighted by Gasteiger charge is 2.17. The van der Waals surface area contributed by atoms with Gasteiger partial charge in [0.2, 0.25) is 5.91 Å². The van der Waals surface area contributed by atoms with E-state index in [-0.39, 0.29) is 17.8 Å². The van der Waals surface area contributed by atoms with Gasteiger partial charge in [-0.3, -0.25) is 4.79 Å². The van der Waals surface area contributed by atoms with Crippen LogP contribution in [-0.4, -0.2) is 35.7 Å². The zero-order valence-corrected chi connectivity index (χ0v) is 9.48. The highest BCUT2D eigenvalue weighted by molar-refractivity contribution is 5.89. The third-order valence-electron chi connectivity index (χ3n) is 2.65. The number of amidine groups is 1. The fourth-order valence-electron chi connectivity index (χ4n) is 1.64. The van der Waals surface area contributed by atoms with Crippen molar-refractivity contribution in [2.24, 2.45) is 10.9 Å². The number of carbonyl (C=O) groups is 1. The van der Waals surface area contributed by atoms with Crippen molar-refractivity contribution in [3.63, 3.8) is 0 Å². The van der Waals surface area contributed by atoms with Crippen LogP contribution < -0.4 is 11.1 Å². The summed E-state index contributed by atoms with van der Waals surface area (Å²) >= 11 is 0. The number of amides is 1. The van der Waals surface area contributed by atoms with E-state index < -0.39 is 6.04 Å². The van der Waals surface area contributed by atoms with Gasteiger partial charge in [-0.25, -0.2) is 0 Å². The molecular weight excluding hydrogens is 210 g/mol. The minimum Gasteiger partial charge on any atom is -0.409 e. The van der Waals surface area contributed by atoms with Crippen molar-refractivity contribution in [1.29, 1.82) is 0 Å². The Balaban J connectivity index is 2.19. The number of rotatable bonds is 5. The molecule has 1 rings (SSSR count). The molecule has 4 N–H and O–H groups in total. The van der Waals surface area contributed by atoms with Crippen LogP contribution in [0.2, 0.25) is 0 Å². The minimum absolute atomic E-state index is 0.00506. The predicted molar refractivity (Wildman–Crippen MR) is 59.2 cm³/mol. The Morgan fingerprint density at radius 3 is 3.06 bits per heavy atom. The number of hydrogen-bond acceptors (Lipinski definition) is 4. The maximum atomic E-state index is 11.5. The second-order valence-electron chi connectivity index (χ2n) is 3.99. The lowest BCUT2D eigenvalue weighted by atomic mass is 10.1. The highest BCUT2D eigenvalue weighted by Crippen LogP contribution is 2.16. The van der Waals surface area contributed by atoms with Crippen LogP contribution in [-0.2, 0) is 9.53 Å². The van der Waals surface area contributed by atoms with Gasteiger partial charge in [0.25, 0.3) is 0 Å². The number of nitrogens with zero attached hydrogens (tertiary/aromatic N) is 1. The summed E-state index contributed by atoms with van der Waals surface area (Å²) in [5.41, 5.74) is 5.34. The number of oxime groups is 1. The van der Waals surface area contributed by atoms with Crippen molar-refractivity contribution in [2.75, 3.05) is 6.61 Å². The van der Waals surface area contributed by atoms with E-state index in [1.54, 1.807) is 6.92 Å². The van der Waals surface area contributed by atoms with E-state index in [2.05, 4.69) is 10.5 Å². The molecule has 1 aliphatic rings. The molecule has 0 aromatic rings. The molecule has 2 unspecified atom stereocenters. The summed E-state index contributed by atoms with van der Waals surface area (Å²) in [5.74, 6) is -0.0972. The largest absolute Gasteiger partial charge is 0.409 e. The summed E-state index contributed by atoms with van der Waals surface area (Å²) in [7, 11) is 0. The van der Waals surface area contributed by atoms with Crippen molar-refractivity contribution in [1.82, 2.24) is 5.32 Å². The van der Waals surface area contributed by atoms with Gasteiger partial charge in [0.05, 0.1) is 12.1 Å². The van der Waals surface area contributed by atoms with Gasteiger partial charge in [-0.05, 0) is 26.2 Å². The Labute approximate surface area is 94.8 Å². The van der Waals surface area contributed by atoms with Gasteiger partial charge < -0.3 is 21.0 Å². The molecule has 0 spiro atoms. The average Bonchev–Trinajstić information content (AvgIpc) is 2.78. The van der Waals surface area contributed by atoms with Gasteiger partial charge >= 0.3 is 0 Å². The molecule has 6 nitrogen and oxygen atoms in total. The van der Waals surface area contributed by atoms with Crippen LogP contribution in [0.25, 0.3) is 0 Å². The van der Waals surface area contributed by atoms with Gasteiger partial charge in [0.1, 0.15) is 0 Å². The Hall–Kier alpha value is -1.30. The highest BCUT2D eigenvalue weighted by atomic mass is 16.5. The summed E-state index contributed by atoms with van der Waals surface area (Å²) in [4.78, 5) is 11.5. The Morgan fingerprint density at radius 2 is 2.50 bits per heavy atom. The SMILES string of the molecule is CC(NC(=O)CCC1CCCO1)C(N)=NO. The number of hydrogen-bond donors (Lipinski definition) is 3. The maximum absolute atomic E-state index is 11.5. The molecule has 1 saturated heterocycles. The fraction of sp³-hybridized carbons (Fsp3) is 0.800. The van der Waals surface area contributed by atoms with Crippen LogP contribution in [0, 0.1) is 0 Å². The van der Waals surface area contributed by atoms with Crippen LogP contribution in [0.3, 0.4) is 0 Å². The third kappa shape index (κ3) is 4.06. The van der Waals surface area contributed by atoms with E-state index in [0.29, 0.717) is 6.42 Å². The zero-order chi connectivity index (χ0) is 12.0. The number of nitrogens with two attached hydrogens (primary N) is 1. The summed E-state index contributed by atoms with van der Waals surface area (Å²) in [6.45, 7) is 2.46. The van der Waals surface area contributed by atoms with E-state index in [4.69, 9.17) is 15.7 Å². The first-order valence-corrected chi connectivity index (χ1v) is 5.52.